The van der Waals surface area contributed by atoms with E-state index in [9.17, 15) is 9.59 Å². The van der Waals surface area contributed by atoms with Crippen molar-refractivity contribution in [2.75, 3.05) is 7.11 Å². The highest BCUT2D eigenvalue weighted by Gasteiger charge is 2.25. The largest absolute Gasteiger partial charge is 0.467 e. The van der Waals surface area contributed by atoms with E-state index in [1.165, 1.54) is 14.0 Å². The van der Waals surface area contributed by atoms with Gasteiger partial charge >= 0.3 is 5.97 Å². The van der Waals surface area contributed by atoms with Crippen molar-refractivity contribution < 1.29 is 18.9 Å². The summed E-state index contributed by atoms with van der Waals surface area (Å²) in [6.45, 7) is 4.26. The van der Waals surface area contributed by atoms with E-state index in [1.54, 1.807) is 11.3 Å². The molecule has 0 fully saturated rings. The summed E-state index contributed by atoms with van der Waals surface area (Å²) in [4.78, 5) is 22.6. The van der Waals surface area contributed by atoms with Gasteiger partial charge in [-0.1, -0.05) is 11.3 Å². The summed E-state index contributed by atoms with van der Waals surface area (Å²) in [6.07, 6.45) is 0.448. The number of aryl methyl sites for hydroxylation is 1. The number of hydrogen-bond donors (Lipinski definition) is 1. The predicted molar refractivity (Wildman–Crippen MR) is 63.5 cm³/mol. The number of nitrogens with one attached hydrogen (secondary N) is 1. The minimum atomic E-state index is -0.620. The van der Waals surface area contributed by atoms with Gasteiger partial charge in [0.1, 0.15) is 12.6 Å². The van der Waals surface area contributed by atoms with E-state index in [4.69, 9.17) is 0 Å². The minimum Gasteiger partial charge on any atom is -0.467 e. The first-order valence-corrected chi connectivity index (χ1v) is 6.32. The Labute approximate surface area is 104 Å². The van der Waals surface area contributed by atoms with Crippen LogP contribution in [0.2, 0.25) is 0 Å². The molecule has 0 spiro atoms. The third-order valence-corrected chi connectivity index (χ3v) is 3.16. The highest BCUT2D eigenvalue weighted by atomic mass is 32.1. The number of ether oxygens (including phenoxy) is 1. The SMILES string of the molecule is CC[n+]1cscc1C[C@H](NC(C)=O)C(=O)OC. The predicted octanol–water partition coefficient (Wildman–Crippen LogP) is 0.276. The van der Waals surface area contributed by atoms with E-state index < -0.39 is 12.0 Å². The Balaban J connectivity index is 2.78. The molecule has 0 aliphatic carbocycles. The van der Waals surface area contributed by atoms with Crippen LogP contribution in [0.25, 0.3) is 0 Å². The third-order valence-electron chi connectivity index (χ3n) is 2.38. The van der Waals surface area contributed by atoms with Crippen LogP contribution in [0.5, 0.6) is 0 Å². The average molecular weight is 257 g/mol. The second kappa shape index (κ2) is 6.34. The van der Waals surface area contributed by atoms with Crippen molar-refractivity contribution in [2.24, 2.45) is 0 Å². The molecule has 0 saturated heterocycles. The van der Waals surface area contributed by atoms with Crippen LogP contribution in [0, 0.1) is 0 Å². The zero-order valence-electron chi connectivity index (χ0n) is 10.2. The van der Waals surface area contributed by atoms with Crippen LogP contribution in [0.15, 0.2) is 10.9 Å². The molecule has 17 heavy (non-hydrogen) atoms. The molecule has 1 heterocycles. The summed E-state index contributed by atoms with van der Waals surface area (Å²) < 4.78 is 6.72. The average Bonchev–Trinajstić information content (AvgIpc) is 2.73. The molecule has 0 bridgehead atoms. The molecular weight excluding hydrogens is 240 g/mol. The van der Waals surface area contributed by atoms with Crippen LogP contribution in [0.4, 0.5) is 0 Å². The summed E-state index contributed by atoms with van der Waals surface area (Å²) in [5, 5.41) is 4.57. The smallest absolute Gasteiger partial charge is 0.328 e. The quantitative estimate of drug-likeness (QED) is 0.608. The molecule has 0 aromatic carbocycles. The maximum atomic E-state index is 11.5. The topological polar surface area (TPSA) is 59.3 Å². The normalized spacial score (nSPS) is 11.9. The fraction of sp³-hybridized carbons (Fsp3) is 0.545. The summed E-state index contributed by atoms with van der Waals surface area (Å²) in [5.74, 6) is -0.660. The maximum Gasteiger partial charge on any atom is 0.328 e. The zero-order valence-corrected chi connectivity index (χ0v) is 11.0. The Kier molecular flexibility index (Phi) is 5.09. The molecule has 1 amide bonds. The van der Waals surface area contributed by atoms with Crippen molar-refractivity contribution in [3.05, 3.63) is 16.6 Å². The van der Waals surface area contributed by atoms with Gasteiger partial charge in [-0.2, -0.15) is 4.57 Å². The number of hydrogen-bond acceptors (Lipinski definition) is 4. The van der Waals surface area contributed by atoms with E-state index in [0.717, 1.165) is 12.2 Å². The van der Waals surface area contributed by atoms with Gasteiger partial charge in [0.05, 0.1) is 18.9 Å². The molecule has 6 heteroatoms. The molecule has 1 aromatic rings. The molecule has 0 radical (unpaired) electrons. The second-order valence-corrected chi connectivity index (χ2v) is 4.34. The second-order valence-electron chi connectivity index (χ2n) is 3.62. The van der Waals surface area contributed by atoms with Gasteiger partial charge in [-0.25, -0.2) is 4.79 Å². The van der Waals surface area contributed by atoms with Crippen LogP contribution in [-0.2, 0) is 27.3 Å². The molecule has 1 aromatic heterocycles. The lowest BCUT2D eigenvalue weighted by atomic mass is 10.1. The van der Waals surface area contributed by atoms with Gasteiger partial charge in [-0.05, 0) is 6.92 Å². The van der Waals surface area contributed by atoms with Gasteiger partial charge in [0, 0.05) is 6.92 Å². The number of thiazole rings is 1. The van der Waals surface area contributed by atoms with Crippen molar-refractivity contribution in [2.45, 2.75) is 32.9 Å². The first-order chi connectivity index (χ1) is 8.08. The van der Waals surface area contributed by atoms with Gasteiger partial charge < -0.3 is 10.1 Å². The lowest BCUT2D eigenvalue weighted by Gasteiger charge is -2.13. The standard InChI is InChI=1S/C11H16N2O3S/c1-4-13-7-17-6-9(13)5-10(11(15)16-3)12-8(2)14/h6-7,10H,4-5H2,1-3H3/p+1/t10-/m0/s1. The number of carbonyl (C=O) groups excluding carboxylic acids is 2. The number of rotatable bonds is 5. The van der Waals surface area contributed by atoms with Crippen LogP contribution in [-0.4, -0.2) is 25.0 Å². The summed E-state index contributed by atoms with van der Waals surface area (Å²) in [6, 6.07) is -0.620. The zero-order chi connectivity index (χ0) is 12.8. The van der Waals surface area contributed by atoms with Crippen LogP contribution in [0.3, 0.4) is 0 Å². The number of methoxy groups -OCH3 is 1. The van der Waals surface area contributed by atoms with Gasteiger partial charge in [-0.3, -0.25) is 4.79 Å². The Morgan fingerprint density at radius 3 is 2.82 bits per heavy atom. The van der Waals surface area contributed by atoms with Crippen molar-refractivity contribution in [3.8, 4) is 0 Å². The number of nitrogens with zero attached hydrogens (tertiary/aromatic N) is 1. The van der Waals surface area contributed by atoms with Crippen molar-refractivity contribution >= 4 is 23.2 Å². The molecule has 0 aliphatic rings. The fourth-order valence-corrected chi connectivity index (χ4v) is 2.43. The van der Waals surface area contributed by atoms with Gasteiger partial charge in [0.2, 0.25) is 11.4 Å². The maximum absolute atomic E-state index is 11.5. The van der Waals surface area contributed by atoms with E-state index >= 15 is 0 Å². The number of amides is 1. The monoisotopic (exact) mass is 257 g/mol. The Hall–Kier alpha value is -1.43. The Bertz CT molecular complexity index is 403. The summed E-state index contributed by atoms with van der Waals surface area (Å²) in [7, 11) is 1.32. The molecule has 94 valence electrons. The molecule has 5 nitrogen and oxygen atoms in total. The van der Waals surface area contributed by atoms with Crippen molar-refractivity contribution in [1.29, 1.82) is 0 Å². The fourth-order valence-electron chi connectivity index (χ4n) is 1.55. The Morgan fingerprint density at radius 2 is 2.29 bits per heavy atom. The number of carbonyl (C=O) groups is 2. The third kappa shape index (κ3) is 3.81. The lowest BCUT2D eigenvalue weighted by molar-refractivity contribution is -0.696. The molecule has 0 aliphatic heterocycles. The van der Waals surface area contributed by atoms with E-state index in [0.29, 0.717) is 6.42 Å². The number of esters is 1. The molecule has 0 unspecified atom stereocenters. The van der Waals surface area contributed by atoms with E-state index in [2.05, 4.69) is 10.1 Å². The molecule has 1 atom stereocenters. The summed E-state index contributed by atoms with van der Waals surface area (Å²) in [5.41, 5.74) is 3.00. The number of aromatic nitrogens is 1. The molecule has 1 N–H and O–H groups in total. The highest BCUT2D eigenvalue weighted by molar-refractivity contribution is 7.07. The van der Waals surface area contributed by atoms with Crippen LogP contribution >= 0.6 is 11.3 Å². The first-order valence-electron chi connectivity index (χ1n) is 5.37. The van der Waals surface area contributed by atoms with Crippen LogP contribution in [0.1, 0.15) is 19.5 Å². The van der Waals surface area contributed by atoms with Crippen LogP contribution < -0.4 is 9.88 Å². The molecule has 1 rings (SSSR count). The van der Waals surface area contributed by atoms with Gasteiger partial charge in [0.15, 0.2) is 5.69 Å². The van der Waals surface area contributed by atoms with Crippen molar-refractivity contribution in [1.82, 2.24) is 5.32 Å². The highest BCUT2D eigenvalue weighted by Crippen LogP contribution is 2.04. The Morgan fingerprint density at radius 1 is 1.59 bits per heavy atom. The first kappa shape index (κ1) is 13.6. The van der Waals surface area contributed by atoms with Gasteiger partial charge in [-0.15, -0.1) is 0 Å². The van der Waals surface area contributed by atoms with Crippen molar-refractivity contribution in [3.63, 3.8) is 0 Å². The van der Waals surface area contributed by atoms with E-state index in [-0.39, 0.29) is 5.91 Å². The lowest BCUT2D eigenvalue weighted by Crippen LogP contribution is -2.45. The van der Waals surface area contributed by atoms with Gasteiger partial charge in [0.25, 0.3) is 0 Å². The van der Waals surface area contributed by atoms with E-state index in [1.807, 2.05) is 22.4 Å². The molecule has 0 saturated carbocycles. The summed E-state index contributed by atoms with van der Waals surface area (Å²) >= 11 is 1.57. The molecular formula is C11H17N2O3S+. The minimum absolute atomic E-state index is 0.237.